The van der Waals surface area contributed by atoms with Gasteiger partial charge in [-0.15, -0.1) is 0 Å². The molecule has 2 atom stereocenters. The van der Waals surface area contributed by atoms with Gasteiger partial charge in [-0.25, -0.2) is 4.79 Å². The maximum Gasteiger partial charge on any atom is 0.339 e. The summed E-state index contributed by atoms with van der Waals surface area (Å²) in [4.78, 5) is 27.8. The van der Waals surface area contributed by atoms with E-state index in [9.17, 15) is 9.59 Å². The summed E-state index contributed by atoms with van der Waals surface area (Å²) in [6.45, 7) is 7.38. The Kier molecular flexibility index (Phi) is 6.03. The van der Waals surface area contributed by atoms with E-state index in [1.165, 1.54) is 7.11 Å². The molecule has 0 radical (unpaired) electrons. The van der Waals surface area contributed by atoms with E-state index in [1.54, 1.807) is 13.8 Å². The van der Waals surface area contributed by atoms with Gasteiger partial charge >= 0.3 is 5.97 Å². The van der Waals surface area contributed by atoms with Crippen LogP contribution >= 0.6 is 11.6 Å². The highest BCUT2D eigenvalue weighted by Crippen LogP contribution is 2.21. The predicted molar refractivity (Wildman–Crippen MR) is 97.2 cm³/mol. The van der Waals surface area contributed by atoms with E-state index in [2.05, 4.69) is 4.98 Å². The van der Waals surface area contributed by atoms with Crippen LogP contribution in [0.1, 0.15) is 57.6 Å². The number of quaternary nitrogens is 1. The minimum absolute atomic E-state index is 0.0316. The third kappa shape index (κ3) is 3.94. The molecule has 1 aromatic carbocycles. The number of H-pyrrole nitrogens is 1. The fraction of sp³-hybridized carbons (Fsp3) is 0.368. The molecule has 6 heteroatoms. The highest BCUT2D eigenvalue weighted by Gasteiger charge is 2.28. The lowest BCUT2D eigenvalue weighted by molar-refractivity contribution is -0.709. The fourth-order valence-electron chi connectivity index (χ4n) is 3.10. The molecule has 0 saturated heterocycles. The van der Waals surface area contributed by atoms with Gasteiger partial charge in [0.25, 0.3) is 0 Å². The number of Topliss-reactive ketones (excluding diaryl/α,β-unsaturated/α-hetero) is 1. The summed E-state index contributed by atoms with van der Waals surface area (Å²) >= 11 is 6.24. The van der Waals surface area contributed by atoms with Crippen LogP contribution in [0.4, 0.5) is 0 Å². The van der Waals surface area contributed by atoms with Gasteiger partial charge in [0.15, 0.2) is 0 Å². The van der Waals surface area contributed by atoms with Gasteiger partial charge < -0.3 is 15.0 Å². The minimum Gasteiger partial charge on any atom is -0.465 e. The number of aromatic amines is 1. The van der Waals surface area contributed by atoms with Crippen molar-refractivity contribution in [2.24, 2.45) is 0 Å². The Morgan fingerprint density at radius 2 is 1.84 bits per heavy atom. The molecule has 0 amide bonds. The second kappa shape index (κ2) is 7.85. The Bertz CT molecular complexity index is 798. The number of nitrogens with one attached hydrogen (secondary N) is 1. The first-order valence-corrected chi connectivity index (χ1v) is 8.56. The number of aromatic nitrogens is 1. The number of hydrogen-bond acceptors (Lipinski definition) is 3. The van der Waals surface area contributed by atoms with Crippen molar-refractivity contribution in [1.82, 2.24) is 4.98 Å². The molecule has 1 aromatic heterocycles. The molecule has 0 spiro atoms. The first-order valence-electron chi connectivity index (χ1n) is 8.19. The number of esters is 1. The zero-order chi connectivity index (χ0) is 18.7. The van der Waals surface area contributed by atoms with Crippen LogP contribution in [0.3, 0.4) is 0 Å². The molecule has 0 bridgehead atoms. The van der Waals surface area contributed by atoms with Crippen molar-refractivity contribution in [3.8, 4) is 0 Å². The summed E-state index contributed by atoms with van der Waals surface area (Å²) < 4.78 is 4.79. The monoisotopic (exact) mass is 363 g/mol. The molecule has 0 unspecified atom stereocenters. The Morgan fingerprint density at radius 1 is 1.20 bits per heavy atom. The summed E-state index contributed by atoms with van der Waals surface area (Å²) in [5.74, 6) is -0.499. The van der Waals surface area contributed by atoms with E-state index in [0.717, 1.165) is 5.56 Å². The molecular formula is C19H24ClN2O3+. The number of rotatable bonds is 6. The topological polar surface area (TPSA) is 75.8 Å². The van der Waals surface area contributed by atoms with Crippen LogP contribution in [0.2, 0.25) is 5.02 Å². The Labute approximate surface area is 152 Å². The van der Waals surface area contributed by atoms with E-state index in [-0.39, 0.29) is 17.9 Å². The highest BCUT2D eigenvalue weighted by molar-refractivity contribution is 6.31. The number of nitrogens with two attached hydrogens (primary N) is 1. The van der Waals surface area contributed by atoms with Crippen molar-refractivity contribution in [2.45, 2.75) is 39.8 Å². The number of ketones is 1. The molecule has 0 aliphatic rings. The number of hydrogen-bond donors (Lipinski definition) is 2. The molecule has 0 fully saturated rings. The van der Waals surface area contributed by atoms with Crippen LogP contribution in [0.25, 0.3) is 0 Å². The Hall–Kier alpha value is -2.11. The van der Waals surface area contributed by atoms with Gasteiger partial charge in [0.05, 0.1) is 18.4 Å². The van der Waals surface area contributed by atoms with Crippen LogP contribution in [-0.2, 0) is 4.74 Å². The van der Waals surface area contributed by atoms with Crippen LogP contribution < -0.4 is 5.32 Å². The second-order valence-corrected chi connectivity index (χ2v) is 6.68. The second-order valence-electron chi connectivity index (χ2n) is 6.27. The number of benzene rings is 1. The SMILES string of the molecule is COC(=O)c1c(C)[nH]c(C(=O)[C@H](C)[NH2+][C@@H](C)c2ccccc2Cl)c1C. The predicted octanol–water partition coefficient (Wildman–Crippen LogP) is 2.97. The van der Waals surface area contributed by atoms with Crippen molar-refractivity contribution in [1.29, 1.82) is 0 Å². The number of methoxy groups -OCH3 is 1. The van der Waals surface area contributed by atoms with Crippen molar-refractivity contribution >= 4 is 23.4 Å². The average Bonchev–Trinajstić information content (AvgIpc) is 2.88. The molecule has 5 nitrogen and oxygen atoms in total. The Balaban J connectivity index is 2.21. The quantitative estimate of drug-likeness (QED) is 0.612. The number of ether oxygens (including phenoxy) is 1. The van der Waals surface area contributed by atoms with Crippen LogP contribution in [0.15, 0.2) is 24.3 Å². The largest absolute Gasteiger partial charge is 0.465 e. The summed E-state index contributed by atoms with van der Waals surface area (Å²) in [6.07, 6.45) is 0. The van der Waals surface area contributed by atoms with Crippen LogP contribution in [0, 0.1) is 13.8 Å². The standard InChI is InChI=1S/C19H23ClN2O3/c1-10-16(19(24)25-5)12(3)22-17(10)18(23)13(4)21-11(2)14-8-6-7-9-15(14)20/h6-9,11,13,21-22H,1-5H3/p+1/t11-,13-/m0/s1. The van der Waals surface area contributed by atoms with Gasteiger partial charge in [-0.1, -0.05) is 29.8 Å². The minimum atomic E-state index is -0.439. The Morgan fingerprint density at radius 3 is 2.44 bits per heavy atom. The summed E-state index contributed by atoms with van der Waals surface area (Å²) in [7, 11) is 1.33. The van der Waals surface area contributed by atoms with Crippen molar-refractivity contribution in [3.63, 3.8) is 0 Å². The van der Waals surface area contributed by atoms with Gasteiger partial charge in [-0.3, -0.25) is 4.79 Å². The average molecular weight is 364 g/mol. The lowest BCUT2D eigenvalue weighted by Crippen LogP contribution is -2.91. The van der Waals surface area contributed by atoms with Gasteiger partial charge in [-0.2, -0.15) is 0 Å². The van der Waals surface area contributed by atoms with Gasteiger partial charge in [0.2, 0.25) is 5.78 Å². The van der Waals surface area contributed by atoms with E-state index in [4.69, 9.17) is 16.3 Å². The summed E-state index contributed by atoms with van der Waals surface area (Å²) in [5.41, 5.74) is 3.13. The molecular weight excluding hydrogens is 340 g/mol. The van der Waals surface area contributed by atoms with E-state index in [0.29, 0.717) is 27.5 Å². The normalized spacial score (nSPS) is 13.4. The molecule has 1 heterocycles. The summed E-state index contributed by atoms with van der Waals surface area (Å²) in [5, 5.41) is 2.66. The molecule has 0 aliphatic heterocycles. The van der Waals surface area contributed by atoms with Gasteiger partial charge in [0.1, 0.15) is 12.1 Å². The maximum absolute atomic E-state index is 12.8. The first-order chi connectivity index (χ1) is 11.8. The lowest BCUT2D eigenvalue weighted by atomic mass is 10.0. The third-order valence-corrected chi connectivity index (χ3v) is 4.80. The molecule has 134 valence electrons. The number of carbonyl (C=O) groups excluding carboxylic acids is 2. The smallest absolute Gasteiger partial charge is 0.339 e. The molecule has 2 rings (SSSR count). The zero-order valence-electron chi connectivity index (χ0n) is 15.1. The molecule has 0 saturated carbocycles. The van der Waals surface area contributed by atoms with Crippen molar-refractivity contribution in [2.75, 3.05) is 7.11 Å². The number of aryl methyl sites for hydroxylation is 1. The molecule has 0 aliphatic carbocycles. The maximum atomic E-state index is 12.8. The summed E-state index contributed by atoms with van der Waals surface area (Å²) in [6, 6.07) is 7.32. The number of halogens is 1. The lowest BCUT2D eigenvalue weighted by Gasteiger charge is -2.17. The molecule has 25 heavy (non-hydrogen) atoms. The zero-order valence-corrected chi connectivity index (χ0v) is 15.9. The van der Waals surface area contributed by atoms with Crippen molar-refractivity contribution in [3.05, 3.63) is 57.4 Å². The van der Waals surface area contributed by atoms with Crippen molar-refractivity contribution < 1.29 is 19.6 Å². The highest BCUT2D eigenvalue weighted by atomic mass is 35.5. The van der Waals surface area contributed by atoms with Crippen LogP contribution in [0.5, 0.6) is 0 Å². The number of carbonyl (C=O) groups is 2. The molecule has 2 aromatic rings. The van der Waals surface area contributed by atoms with E-state index >= 15 is 0 Å². The molecule has 3 N–H and O–H groups in total. The third-order valence-electron chi connectivity index (χ3n) is 4.46. The fourth-order valence-corrected chi connectivity index (χ4v) is 3.41. The van der Waals surface area contributed by atoms with E-state index < -0.39 is 5.97 Å². The van der Waals surface area contributed by atoms with Gasteiger partial charge in [0, 0.05) is 16.3 Å². The van der Waals surface area contributed by atoms with Gasteiger partial charge in [-0.05, 0) is 39.3 Å². The van der Waals surface area contributed by atoms with E-state index in [1.807, 2.05) is 43.4 Å². The first kappa shape index (κ1) is 19.2. The van der Waals surface area contributed by atoms with Crippen LogP contribution in [-0.4, -0.2) is 29.9 Å².